The number of pyridine rings is 1. The van der Waals surface area contributed by atoms with Gasteiger partial charge in [0.25, 0.3) is 11.5 Å². The summed E-state index contributed by atoms with van der Waals surface area (Å²) in [5.41, 5.74) is 3.45. The van der Waals surface area contributed by atoms with Crippen LogP contribution in [0.1, 0.15) is 39.6 Å². The second-order valence-corrected chi connectivity index (χ2v) is 8.66. The predicted octanol–water partition coefficient (Wildman–Crippen LogP) is 3.09. The number of hydrogen-bond acceptors (Lipinski definition) is 4. The normalized spacial score (nSPS) is 24.2. The molecule has 6 nitrogen and oxygen atoms in total. The number of aryl methyl sites for hydroxylation is 2. The van der Waals surface area contributed by atoms with Gasteiger partial charge < -0.3 is 14.6 Å². The Kier molecular flexibility index (Phi) is 7.04. The molecule has 1 aromatic heterocycles. The first kappa shape index (κ1) is 23.6. The molecule has 8 heteroatoms. The smallest absolute Gasteiger partial charge is 0.261 e. The number of halogens is 2. The molecule has 2 fully saturated rings. The van der Waals surface area contributed by atoms with E-state index in [2.05, 4.69) is 29.1 Å². The molecule has 1 N–H and O–H groups in total. The molecule has 5 rings (SSSR count). The van der Waals surface area contributed by atoms with E-state index in [0.29, 0.717) is 23.9 Å². The van der Waals surface area contributed by atoms with E-state index in [4.69, 9.17) is 4.74 Å². The van der Waals surface area contributed by atoms with Crippen molar-refractivity contribution in [1.29, 1.82) is 0 Å². The molecule has 1 amide bonds. The second kappa shape index (κ2) is 9.23. The molecule has 1 aromatic carbocycles. The van der Waals surface area contributed by atoms with Crippen LogP contribution in [-0.4, -0.2) is 54.5 Å². The molecule has 3 aliphatic rings. The molecule has 0 radical (unpaired) electrons. The Balaban J connectivity index is 0.00000136. The molecule has 0 saturated carbocycles. The van der Waals surface area contributed by atoms with Gasteiger partial charge in [0, 0.05) is 37.3 Å². The Bertz CT molecular complexity index is 1010. The number of fused-ring (bicyclic) bond motifs is 2. The molecule has 0 bridgehead atoms. The largest absolute Gasteiger partial charge is 0.497 e. The van der Waals surface area contributed by atoms with Gasteiger partial charge in [0.05, 0.1) is 7.11 Å². The number of nitrogens with one attached hydrogen (secondary N) is 1. The van der Waals surface area contributed by atoms with Crippen LogP contribution < -0.4 is 10.3 Å². The first-order valence-corrected chi connectivity index (χ1v) is 10.4. The van der Waals surface area contributed by atoms with E-state index < -0.39 is 0 Å². The van der Waals surface area contributed by atoms with Crippen molar-refractivity contribution in [1.82, 2.24) is 14.8 Å². The number of H-pyrrole nitrogens is 1. The number of aromatic amines is 1. The zero-order valence-corrected chi connectivity index (χ0v) is 19.4. The third-order valence-electron chi connectivity index (χ3n) is 6.96. The van der Waals surface area contributed by atoms with Gasteiger partial charge in [-0.2, -0.15) is 0 Å². The van der Waals surface area contributed by atoms with Gasteiger partial charge in [-0.15, -0.1) is 24.8 Å². The predicted molar refractivity (Wildman–Crippen MR) is 125 cm³/mol. The number of nitrogens with zero attached hydrogens (tertiary/aromatic N) is 2. The van der Waals surface area contributed by atoms with Crippen LogP contribution in [0, 0.1) is 11.8 Å². The standard InChI is InChI=1S/C23H27N3O3.2ClH/c1-25-11-16-12-26(13-19(16)21(25)14-6-8-17(29-2)9-7-14)23(28)18-10-15-4-3-5-20(15)24-22(18)27;;/h6-10,16,19,21H,3-5,11-13H2,1-2H3,(H,24,27);2*1H/t16-,19+,21+;;/m0../s1. The van der Waals surface area contributed by atoms with Crippen molar-refractivity contribution in [3.8, 4) is 5.75 Å². The number of amides is 1. The Hall–Kier alpha value is -2.02. The van der Waals surface area contributed by atoms with Crippen LogP contribution in [0.15, 0.2) is 35.1 Å². The van der Waals surface area contributed by atoms with E-state index >= 15 is 0 Å². The van der Waals surface area contributed by atoms with Gasteiger partial charge in [-0.3, -0.25) is 14.5 Å². The van der Waals surface area contributed by atoms with Crippen molar-refractivity contribution in [2.45, 2.75) is 25.3 Å². The van der Waals surface area contributed by atoms with Gasteiger partial charge in [0.2, 0.25) is 0 Å². The Morgan fingerprint density at radius 1 is 1.10 bits per heavy atom. The fourth-order valence-electron chi connectivity index (χ4n) is 5.57. The summed E-state index contributed by atoms with van der Waals surface area (Å²) in [7, 11) is 3.83. The van der Waals surface area contributed by atoms with E-state index in [-0.39, 0.29) is 42.3 Å². The van der Waals surface area contributed by atoms with Crippen molar-refractivity contribution < 1.29 is 9.53 Å². The van der Waals surface area contributed by atoms with Gasteiger partial charge in [-0.25, -0.2) is 0 Å². The highest BCUT2D eigenvalue weighted by molar-refractivity contribution is 5.94. The molecule has 0 unspecified atom stereocenters. The fourth-order valence-corrected chi connectivity index (χ4v) is 5.57. The minimum absolute atomic E-state index is 0. The van der Waals surface area contributed by atoms with E-state index in [9.17, 15) is 9.59 Å². The number of hydrogen-bond donors (Lipinski definition) is 1. The first-order valence-electron chi connectivity index (χ1n) is 10.4. The average Bonchev–Trinajstić information content (AvgIpc) is 3.41. The number of benzene rings is 1. The van der Waals surface area contributed by atoms with Gasteiger partial charge in [0.15, 0.2) is 0 Å². The van der Waals surface area contributed by atoms with Crippen molar-refractivity contribution in [2.75, 3.05) is 33.8 Å². The molecule has 2 aliphatic heterocycles. The molecule has 2 saturated heterocycles. The van der Waals surface area contributed by atoms with Crippen LogP contribution in [0.4, 0.5) is 0 Å². The average molecular weight is 466 g/mol. The molecule has 1 aliphatic carbocycles. The highest BCUT2D eigenvalue weighted by Crippen LogP contribution is 2.44. The number of methoxy groups -OCH3 is 1. The number of ether oxygens (including phenoxy) is 1. The second-order valence-electron chi connectivity index (χ2n) is 8.66. The lowest BCUT2D eigenvalue weighted by Crippen LogP contribution is -2.36. The summed E-state index contributed by atoms with van der Waals surface area (Å²) in [5, 5.41) is 0. The summed E-state index contributed by atoms with van der Waals surface area (Å²) in [6.45, 7) is 2.38. The van der Waals surface area contributed by atoms with Crippen LogP contribution in [0.25, 0.3) is 0 Å². The summed E-state index contributed by atoms with van der Waals surface area (Å²) in [6, 6.07) is 10.4. The minimum Gasteiger partial charge on any atom is -0.497 e. The first-order chi connectivity index (χ1) is 14.0. The fraction of sp³-hybridized carbons (Fsp3) is 0.478. The van der Waals surface area contributed by atoms with Gasteiger partial charge in [-0.1, -0.05) is 12.1 Å². The van der Waals surface area contributed by atoms with Crippen molar-refractivity contribution >= 4 is 30.7 Å². The number of carbonyl (C=O) groups excluding carboxylic acids is 1. The summed E-state index contributed by atoms with van der Waals surface area (Å²) in [6.07, 6.45) is 2.90. The van der Waals surface area contributed by atoms with E-state index in [1.807, 2.05) is 23.1 Å². The lowest BCUT2D eigenvalue weighted by molar-refractivity contribution is 0.0766. The zero-order chi connectivity index (χ0) is 20.1. The Labute approximate surface area is 194 Å². The van der Waals surface area contributed by atoms with Crippen LogP contribution >= 0.6 is 24.8 Å². The van der Waals surface area contributed by atoms with Gasteiger partial charge in [-0.05, 0) is 61.6 Å². The Morgan fingerprint density at radius 2 is 1.84 bits per heavy atom. The van der Waals surface area contributed by atoms with E-state index in [1.165, 1.54) is 5.56 Å². The topological polar surface area (TPSA) is 65.6 Å². The maximum absolute atomic E-state index is 13.2. The van der Waals surface area contributed by atoms with E-state index in [0.717, 1.165) is 49.4 Å². The number of rotatable bonds is 3. The summed E-state index contributed by atoms with van der Waals surface area (Å²) >= 11 is 0. The molecular formula is C23H29Cl2N3O3. The molecule has 2 aromatic rings. The summed E-state index contributed by atoms with van der Waals surface area (Å²) in [4.78, 5) is 32.9. The zero-order valence-electron chi connectivity index (χ0n) is 17.8. The molecule has 3 heterocycles. The quantitative estimate of drug-likeness (QED) is 0.755. The number of carbonyl (C=O) groups is 1. The van der Waals surface area contributed by atoms with Gasteiger partial charge in [0.1, 0.15) is 11.3 Å². The lowest BCUT2D eigenvalue weighted by atomic mass is 9.89. The van der Waals surface area contributed by atoms with E-state index in [1.54, 1.807) is 7.11 Å². The van der Waals surface area contributed by atoms with Crippen LogP contribution in [0.3, 0.4) is 0 Å². The monoisotopic (exact) mass is 465 g/mol. The molecule has 168 valence electrons. The highest BCUT2D eigenvalue weighted by atomic mass is 35.5. The molecule has 31 heavy (non-hydrogen) atoms. The summed E-state index contributed by atoms with van der Waals surface area (Å²) in [5.74, 6) is 1.55. The number of likely N-dealkylation sites (tertiary alicyclic amines) is 2. The maximum atomic E-state index is 13.2. The highest BCUT2D eigenvalue weighted by Gasteiger charge is 2.47. The third kappa shape index (κ3) is 4.09. The van der Waals surface area contributed by atoms with Crippen LogP contribution in [-0.2, 0) is 12.8 Å². The Morgan fingerprint density at radius 3 is 2.55 bits per heavy atom. The van der Waals surface area contributed by atoms with Gasteiger partial charge >= 0.3 is 0 Å². The third-order valence-corrected chi connectivity index (χ3v) is 6.96. The lowest BCUT2D eigenvalue weighted by Gasteiger charge is -2.27. The van der Waals surface area contributed by atoms with Crippen LogP contribution in [0.5, 0.6) is 5.75 Å². The number of aromatic nitrogens is 1. The van der Waals surface area contributed by atoms with Crippen molar-refractivity contribution in [3.05, 3.63) is 63.1 Å². The minimum atomic E-state index is -0.239. The van der Waals surface area contributed by atoms with Crippen molar-refractivity contribution in [2.24, 2.45) is 11.8 Å². The maximum Gasteiger partial charge on any atom is 0.261 e. The van der Waals surface area contributed by atoms with Crippen molar-refractivity contribution in [3.63, 3.8) is 0 Å². The van der Waals surface area contributed by atoms with Crippen LogP contribution in [0.2, 0.25) is 0 Å². The summed E-state index contributed by atoms with van der Waals surface area (Å²) < 4.78 is 5.29. The SMILES string of the molecule is COc1ccc([C@@H]2[C@@H]3CN(C(=O)c4cc5c([nH]c4=O)CCC5)C[C@@H]3CN2C)cc1.Cl.Cl. The molecule has 0 spiro atoms. The molecule has 3 atom stereocenters. The molecular weight excluding hydrogens is 437 g/mol.